The van der Waals surface area contributed by atoms with E-state index in [1.807, 2.05) is 12.3 Å². The normalized spacial score (nSPS) is 33.2. The van der Waals surface area contributed by atoms with Crippen molar-refractivity contribution in [3.05, 3.63) is 53.1 Å². The first kappa shape index (κ1) is 20.7. The standard InChI is InChI=1S/C24H32FN5O/c1-3-14-11-16(31)4-5-17(14)18-6-7-19-22(21(18)25)29-30-23(19)24-27-12-20(28-24)15-8-9-26-13(2)10-15/h4-5,8,11-13,18-19,21-23,26,29-31H,3,6-7,9-10H2,1-2H3,(H,27,28)/t13-,18?,19?,21?,22?,23?/m1/s1. The molecule has 3 aliphatic rings. The number of aromatic hydroxyl groups is 1. The van der Waals surface area contributed by atoms with Gasteiger partial charge in [0.25, 0.3) is 0 Å². The SMILES string of the molecule is CCc1cc(O)ccc1C1CCC2C(c3ncc(C4=CCN[C@H](C)C4)[nH]3)NNC2C1F. The number of aryl methyl sites for hydroxylation is 1. The molecule has 166 valence electrons. The number of hydrazine groups is 1. The molecule has 0 amide bonds. The second-order valence-corrected chi connectivity index (χ2v) is 9.25. The van der Waals surface area contributed by atoms with Crippen LogP contribution in [0.15, 0.2) is 30.5 Å². The number of aromatic nitrogens is 2. The van der Waals surface area contributed by atoms with E-state index in [0.717, 1.165) is 54.9 Å². The molecular weight excluding hydrogens is 393 g/mol. The average Bonchev–Trinajstić information content (AvgIpc) is 3.42. The fourth-order valence-corrected chi connectivity index (χ4v) is 5.66. The van der Waals surface area contributed by atoms with Gasteiger partial charge in [-0.1, -0.05) is 19.1 Å². The highest BCUT2D eigenvalue weighted by Gasteiger charge is 2.48. The van der Waals surface area contributed by atoms with Crippen molar-refractivity contribution in [3.8, 4) is 5.75 Å². The van der Waals surface area contributed by atoms with Gasteiger partial charge >= 0.3 is 0 Å². The van der Waals surface area contributed by atoms with Gasteiger partial charge in [-0.2, -0.15) is 0 Å². The van der Waals surface area contributed by atoms with Crippen LogP contribution in [-0.2, 0) is 6.42 Å². The quantitative estimate of drug-likeness (QED) is 0.518. The van der Waals surface area contributed by atoms with Crippen molar-refractivity contribution in [1.82, 2.24) is 26.1 Å². The zero-order valence-corrected chi connectivity index (χ0v) is 18.2. The van der Waals surface area contributed by atoms with Crippen LogP contribution in [0.5, 0.6) is 5.75 Å². The Bertz CT molecular complexity index is 973. The number of nitrogens with one attached hydrogen (secondary N) is 4. The molecule has 7 heteroatoms. The highest BCUT2D eigenvalue weighted by molar-refractivity contribution is 5.63. The van der Waals surface area contributed by atoms with Gasteiger partial charge < -0.3 is 15.4 Å². The molecule has 0 radical (unpaired) electrons. The summed E-state index contributed by atoms with van der Waals surface area (Å²) in [6.07, 6.45) is 6.61. The average molecular weight is 426 g/mol. The number of halogens is 1. The minimum Gasteiger partial charge on any atom is -0.508 e. The van der Waals surface area contributed by atoms with Crippen LogP contribution in [-0.4, -0.2) is 39.9 Å². The molecule has 2 aliphatic heterocycles. The summed E-state index contributed by atoms with van der Waals surface area (Å²) in [5.41, 5.74) is 11.0. The van der Waals surface area contributed by atoms with E-state index in [1.165, 1.54) is 5.57 Å². The van der Waals surface area contributed by atoms with Crippen molar-refractivity contribution in [3.63, 3.8) is 0 Å². The van der Waals surface area contributed by atoms with Crippen LogP contribution in [0, 0.1) is 5.92 Å². The Morgan fingerprint density at radius 1 is 1.23 bits per heavy atom. The van der Waals surface area contributed by atoms with Crippen molar-refractivity contribution in [2.75, 3.05) is 6.54 Å². The van der Waals surface area contributed by atoms with Gasteiger partial charge in [0.1, 0.15) is 17.7 Å². The van der Waals surface area contributed by atoms with Crippen LogP contribution >= 0.6 is 0 Å². The zero-order chi connectivity index (χ0) is 21.5. The summed E-state index contributed by atoms with van der Waals surface area (Å²) in [6, 6.07) is 5.53. The Hall–Kier alpha value is -2.22. The maximum atomic E-state index is 15.7. The molecule has 5 N–H and O–H groups in total. The van der Waals surface area contributed by atoms with Gasteiger partial charge in [-0.15, -0.1) is 0 Å². The molecule has 1 aromatic carbocycles. The van der Waals surface area contributed by atoms with Gasteiger partial charge in [-0.3, -0.25) is 5.43 Å². The lowest BCUT2D eigenvalue weighted by molar-refractivity contribution is 0.135. The smallest absolute Gasteiger partial charge is 0.125 e. The van der Waals surface area contributed by atoms with E-state index < -0.39 is 6.17 Å². The number of alkyl halides is 1. The maximum absolute atomic E-state index is 15.7. The molecule has 5 rings (SSSR count). The molecular formula is C24H32FN5O. The third kappa shape index (κ3) is 3.79. The Kier molecular flexibility index (Phi) is 5.58. The lowest BCUT2D eigenvalue weighted by Crippen LogP contribution is -2.45. The molecule has 1 aliphatic carbocycles. The van der Waals surface area contributed by atoms with Crippen molar-refractivity contribution in [2.45, 2.75) is 69.7 Å². The molecule has 1 aromatic heterocycles. The molecule has 0 spiro atoms. The largest absolute Gasteiger partial charge is 0.508 e. The van der Waals surface area contributed by atoms with Crippen LogP contribution in [0.1, 0.15) is 67.7 Å². The Morgan fingerprint density at radius 2 is 2.10 bits per heavy atom. The fourth-order valence-electron chi connectivity index (χ4n) is 5.66. The van der Waals surface area contributed by atoms with E-state index in [0.29, 0.717) is 6.04 Å². The summed E-state index contributed by atoms with van der Waals surface area (Å²) in [5, 5.41) is 13.2. The summed E-state index contributed by atoms with van der Waals surface area (Å²) in [4.78, 5) is 8.16. The van der Waals surface area contributed by atoms with Gasteiger partial charge in [0, 0.05) is 24.4 Å². The number of nitrogens with zero attached hydrogens (tertiary/aromatic N) is 1. The Labute approximate surface area is 182 Å². The fraction of sp³-hybridized carbons (Fsp3) is 0.542. The second-order valence-electron chi connectivity index (χ2n) is 9.25. The lowest BCUT2D eigenvalue weighted by Gasteiger charge is -2.36. The van der Waals surface area contributed by atoms with E-state index in [2.05, 4.69) is 46.1 Å². The van der Waals surface area contributed by atoms with Gasteiger partial charge in [-0.25, -0.2) is 14.8 Å². The third-order valence-electron chi connectivity index (χ3n) is 7.32. The van der Waals surface area contributed by atoms with Crippen LogP contribution in [0.4, 0.5) is 4.39 Å². The molecule has 6 atom stereocenters. The molecule has 0 bridgehead atoms. The summed E-state index contributed by atoms with van der Waals surface area (Å²) in [5.74, 6) is 1.12. The molecule has 2 aromatic rings. The van der Waals surface area contributed by atoms with Gasteiger partial charge in [0.05, 0.1) is 24.0 Å². The number of phenols is 1. The highest BCUT2D eigenvalue weighted by atomic mass is 19.1. The number of rotatable bonds is 4. The molecule has 5 unspecified atom stereocenters. The topological polar surface area (TPSA) is 85.0 Å². The molecule has 2 fully saturated rings. The zero-order valence-electron chi connectivity index (χ0n) is 18.2. The summed E-state index contributed by atoms with van der Waals surface area (Å²) in [6.45, 7) is 5.12. The Balaban J connectivity index is 1.33. The number of hydrogen-bond donors (Lipinski definition) is 5. The first-order valence-corrected chi connectivity index (χ1v) is 11.5. The molecule has 6 nitrogen and oxygen atoms in total. The van der Waals surface area contributed by atoms with E-state index in [1.54, 1.807) is 12.1 Å². The molecule has 1 saturated carbocycles. The predicted octanol–water partition coefficient (Wildman–Crippen LogP) is 3.49. The number of H-pyrrole nitrogens is 1. The number of imidazole rings is 1. The lowest BCUT2D eigenvalue weighted by atomic mass is 9.71. The third-order valence-corrected chi connectivity index (χ3v) is 7.32. The van der Waals surface area contributed by atoms with Crippen LogP contribution in [0.2, 0.25) is 0 Å². The number of hydrogen-bond acceptors (Lipinski definition) is 5. The maximum Gasteiger partial charge on any atom is 0.125 e. The van der Waals surface area contributed by atoms with Crippen LogP contribution < -0.4 is 16.2 Å². The van der Waals surface area contributed by atoms with Gasteiger partial charge in [-0.05, 0) is 61.4 Å². The minimum absolute atomic E-state index is 0.0249. The summed E-state index contributed by atoms with van der Waals surface area (Å²) < 4.78 is 15.7. The van der Waals surface area contributed by atoms with E-state index in [4.69, 9.17) is 0 Å². The minimum atomic E-state index is -0.992. The number of fused-ring (bicyclic) bond motifs is 1. The molecule has 1 saturated heterocycles. The number of benzene rings is 1. The Morgan fingerprint density at radius 3 is 2.90 bits per heavy atom. The molecule has 31 heavy (non-hydrogen) atoms. The summed E-state index contributed by atoms with van der Waals surface area (Å²) in [7, 11) is 0. The van der Waals surface area contributed by atoms with Gasteiger partial charge in [0.15, 0.2) is 0 Å². The van der Waals surface area contributed by atoms with Crippen LogP contribution in [0.3, 0.4) is 0 Å². The van der Waals surface area contributed by atoms with E-state index in [-0.39, 0.29) is 29.7 Å². The second kappa shape index (κ2) is 8.37. The number of aromatic amines is 1. The van der Waals surface area contributed by atoms with Crippen molar-refractivity contribution in [1.29, 1.82) is 0 Å². The molecule has 3 heterocycles. The first-order chi connectivity index (χ1) is 15.0. The van der Waals surface area contributed by atoms with E-state index in [9.17, 15) is 5.11 Å². The first-order valence-electron chi connectivity index (χ1n) is 11.5. The van der Waals surface area contributed by atoms with Crippen molar-refractivity contribution < 1.29 is 9.50 Å². The number of phenolic OH excluding ortho intramolecular Hbond substituents is 1. The predicted molar refractivity (Wildman–Crippen MR) is 119 cm³/mol. The van der Waals surface area contributed by atoms with Crippen molar-refractivity contribution >= 4 is 5.57 Å². The highest BCUT2D eigenvalue weighted by Crippen LogP contribution is 2.45. The van der Waals surface area contributed by atoms with Crippen LogP contribution in [0.25, 0.3) is 5.57 Å². The van der Waals surface area contributed by atoms with Gasteiger partial charge in [0.2, 0.25) is 0 Å². The monoisotopic (exact) mass is 425 g/mol. The van der Waals surface area contributed by atoms with Crippen molar-refractivity contribution in [2.24, 2.45) is 5.92 Å². The summed E-state index contributed by atoms with van der Waals surface area (Å²) >= 11 is 0. The van der Waals surface area contributed by atoms with E-state index >= 15 is 4.39 Å².